The van der Waals surface area contributed by atoms with Gasteiger partial charge in [0.2, 0.25) is 5.95 Å². The Hall–Kier alpha value is -1.17. The first-order valence-corrected chi connectivity index (χ1v) is 7.80. The van der Waals surface area contributed by atoms with Crippen LogP contribution in [0.2, 0.25) is 0 Å². The van der Waals surface area contributed by atoms with Crippen molar-refractivity contribution in [3.05, 3.63) is 18.5 Å². The largest absolute Gasteiger partial charge is 0.341 e. The molecule has 0 N–H and O–H groups in total. The lowest BCUT2D eigenvalue weighted by molar-refractivity contribution is 0.440. The average molecular weight is 255 g/mol. The predicted octanol–water partition coefficient (Wildman–Crippen LogP) is 0.738. The van der Waals surface area contributed by atoms with Gasteiger partial charge in [-0.2, -0.15) is 0 Å². The fraction of sp³-hybridized carbons (Fsp3) is 0.636. The number of piperidine rings is 1. The van der Waals surface area contributed by atoms with Crippen molar-refractivity contribution >= 4 is 15.8 Å². The number of aromatic nitrogens is 2. The summed E-state index contributed by atoms with van der Waals surface area (Å²) in [5, 5.41) is 0. The number of anilines is 1. The molecule has 0 unspecified atom stereocenters. The summed E-state index contributed by atoms with van der Waals surface area (Å²) in [4.78, 5) is 10.5. The lowest BCUT2D eigenvalue weighted by Gasteiger charge is -2.32. The maximum atomic E-state index is 11.3. The molecule has 1 atom stereocenters. The van der Waals surface area contributed by atoms with E-state index in [-0.39, 0.29) is 11.7 Å². The van der Waals surface area contributed by atoms with E-state index in [1.807, 2.05) is 0 Å². The molecule has 0 aliphatic carbocycles. The second-order valence-electron chi connectivity index (χ2n) is 4.60. The van der Waals surface area contributed by atoms with E-state index in [9.17, 15) is 8.42 Å². The Balaban J connectivity index is 2.03. The van der Waals surface area contributed by atoms with Crippen LogP contribution in [0, 0.1) is 5.92 Å². The summed E-state index contributed by atoms with van der Waals surface area (Å²) < 4.78 is 22.6. The van der Waals surface area contributed by atoms with E-state index < -0.39 is 9.84 Å². The third-order valence-electron chi connectivity index (χ3n) is 2.89. The molecule has 1 aliphatic heterocycles. The van der Waals surface area contributed by atoms with E-state index in [0.29, 0.717) is 5.95 Å². The van der Waals surface area contributed by atoms with Gasteiger partial charge >= 0.3 is 0 Å². The minimum absolute atomic E-state index is 0.197. The molecule has 0 amide bonds. The quantitative estimate of drug-likeness (QED) is 0.797. The molecule has 0 bridgehead atoms. The third-order valence-corrected chi connectivity index (χ3v) is 3.97. The fourth-order valence-electron chi connectivity index (χ4n) is 2.27. The van der Waals surface area contributed by atoms with Crippen LogP contribution in [0.3, 0.4) is 0 Å². The van der Waals surface area contributed by atoms with Crippen molar-refractivity contribution < 1.29 is 8.42 Å². The summed E-state index contributed by atoms with van der Waals surface area (Å²) in [6, 6.07) is 1.78. The summed E-state index contributed by atoms with van der Waals surface area (Å²) in [7, 11) is -2.90. The first-order chi connectivity index (χ1) is 8.04. The van der Waals surface area contributed by atoms with E-state index >= 15 is 0 Å². The van der Waals surface area contributed by atoms with E-state index in [1.54, 1.807) is 18.5 Å². The SMILES string of the molecule is CS(=O)(=O)C[C@H]1CCCN(c2ncccn2)C1. The Bertz CT molecular complexity index is 461. The maximum absolute atomic E-state index is 11.3. The van der Waals surface area contributed by atoms with Gasteiger partial charge in [0.15, 0.2) is 0 Å². The maximum Gasteiger partial charge on any atom is 0.225 e. The van der Waals surface area contributed by atoms with Crippen LogP contribution in [-0.4, -0.2) is 43.5 Å². The highest BCUT2D eigenvalue weighted by Crippen LogP contribution is 2.20. The average Bonchev–Trinajstić information content (AvgIpc) is 2.28. The van der Waals surface area contributed by atoms with Crippen molar-refractivity contribution in [1.82, 2.24) is 9.97 Å². The lowest BCUT2D eigenvalue weighted by atomic mass is 10.0. The number of nitrogens with zero attached hydrogens (tertiary/aromatic N) is 3. The molecule has 0 aromatic carbocycles. The number of hydrogen-bond acceptors (Lipinski definition) is 5. The molecule has 1 aromatic rings. The van der Waals surface area contributed by atoms with E-state index in [2.05, 4.69) is 14.9 Å². The first kappa shape index (κ1) is 12.3. The molecular formula is C11H17N3O2S. The van der Waals surface area contributed by atoms with Gasteiger partial charge in [-0.05, 0) is 24.8 Å². The van der Waals surface area contributed by atoms with Crippen molar-refractivity contribution in [2.45, 2.75) is 12.8 Å². The fourth-order valence-corrected chi connectivity index (χ4v) is 3.39. The van der Waals surface area contributed by atoms with Gasteiger partial charge in [-0.3, -0.25) is 0 Å². The zero-order valence-corrected chi connectivity index (χ0v) is 10.7. The number of sulfone groups is 1. The smallest absolute Gasteiger partial charge is 0.225 e. The molecule has 6 heteroatoms. The van der Waals surface area contributed by atoms with Gasteiger partial charge in [0, 0.05) is 31.7 Å². The van der Waals surface area contributed by atoms with Gasteiger partial charge in [0.05, 0.1) is 5.75 Å². The van der Waals surface area contributed by atoms with Crippen LogP contribution in [0.4, 0.5) is 5.95 Å². The standard InChI is InChI=1S/C11H17N3O2S/c1-17(15,16)9-10-4-2-7-14(8-10)11-12-5-3-6-13-11/h3,5-6,10H,2,4,7-9H2,1H3/t10-/m0/s1. The zero-order chi connectivity index (χ0) is 12.3. The Kier molecular flexibility index (Phi) is 3.61. The highest BCUT2D eigenvalue weighted by Gasteiger charge is 2.24. The summed E-state index contributed by atoms with van der Waals surface area (Å²) in [5.41, 5.74) is 0. The molecule has 0 saturated carbocycles. The second kappa shape index (κ2) is 5.00. The molecule has 1 saturated heterocycles. The van der Waals surface area contributed by atoms with Gasteiger partial charge in [-0.15, -0.1) is 0 Å². The molecule has 94 valence electrons. The number of hydrogen-bond donors (Lipinski definition) is 0. The molecule has 0 radical (unpaired) electrons. The predicted molar refractivity (Wildman–Crippen MR) is 66.7 cm³/mol. The highest BCUT2D eigenvalue weighted by atomic mass is 32.2. The van der Waals surface area contributed by atoms with Crippen molar-refractivity contribution in [2.75, 3.05) is 30.0 Å². The van der Waals surface area contributed by atoms with Crippen LogP contribution < -0.4 is 4.90 Å². The summed E-state index contributed by atoms with van der Waals surface area (Å²) >= 11 is 0. The molecule has 2 heterocycles. The van der Waals surface area contributed by atoms with Gasteiger partial charge in [0.25, 0.3) is 0 Å². The second-order valence-corrected chi connectivity index (χ2v) is 6.78. The van der Waals surface area contributed by atoms with Gasteiger partial charge in [0.1, 0.15) is 9.84 Å². The van der Waals surface area contributed by atoms with Crippen molar-refractivity contribution in [3.63, 3.8) is 0 Å². The van der Waals surface area contributed by atoms with E-state index in [0.717, 1.165) is 25.9 Å². The zero-order valence-electron chi connectivity index (χ0n) is 9.91. The van der Waals surface area contributed by atoms with Gasteiger partial charge in [-0.25, -0.2) is 18.4 Å². The van der Waals surface area contributed by atoms with Crippen LogP contribution in [0.5, 0.6) is 0 Å². The highest BCUT2D eigenvalue weighted by molar-refractivity contribution is 7.90. The van der Waals surface area contributed by atoms with Crippen LogP contribution in [0.1, 0.15) is 12.8 Å². The minimum Gasteiger partial charge on any atom is -0.341 e. The monoisotopic (exact) mass is 255 g/mol. The van der Waals surface area contributed by atoms with Gasteiger partial charge in [-0.1, -0.05) is 0 Å². The van der Waals surface area contributed by atoms with Crippen molar-refractivity contribution in [3.8, 4) is 0 Å². The molecule has 2 rings (SSSR count). The van der Waals surface area contributed by atoms with E-state index in [4.69, 9.17) is 0 Å². The van der Waals surface area contributed by atoms with Crippen molar-refractivity contribution in [2.24, 2.45) is 5.92 Å². The molecular weight excluding hydrogens is 238 g/mol. The Labute approximate surface area is 102 Å². The van der Waals surface area contributed by atoms with Crippen LogP contribution >= 0.6 is 0 Å². The first-order valence-electron chi connectivity index (χ1n) is 5.74. The van der Waals surface area contributed by atoms with Gasteiger partial charge < -0.3 is 4.90 Å². The minimum atomic E-state index is -2.90. The van der Waals surface area contributed by atoms with Crippen LogP contribution in [0.25, 0.3) is 0 Å². The third kappa shape index (κ3) is 3.66. The summed E-state index contributed by atoms with van der Waals surface area (Å²) in [6.45, 7) is 1.64. The van der Waals surface area contributed by atoms with E-state index in [1.165, 1.54) is 6.26 Å². The lowest BCUT2D eigenvalue weighted by Crippen LogP contribution is -2.38. The summed E-state index contributed by atoms with van der Waals surface area (Å²) in [6.07, 6.45) is 6.69. The molecule has 17 heavy (non-hydrogen) atoms. The molecule has 1 fully saturated rings. The topological polar surface area (TPSA) is 63.2 Å². The molecule has 5 nitrogen and oxygen atoms in total. The number of rotatable bonds is 3. The molecule has 1 aliphatic rings. The normalized spacial score (nSPS) is 21.5. The molecule has 1 aromatic heterocycles. The molecule has 0 spiro atoms. The van der Waals surface area contributed by atoms with Crippen LogP contribution in [-0.2, 0) is 9.84 Å². The van der Waals surface area contributed by atoms with Crippen LogP contribution in [0.15, 0.2) is 18.5 Å². The Morgan fingerprint density at radius 2 is 2.12 bits per heavy atom. The Morgan fingerprint density at radius 1 is 1.41 bits per heavy atom. The Morgan fingerprint density at radius 3 is 2.76 bits per heavy atom. The summed E-state index contributed by atoms with van der Waals surface area (Å²) in [5.74, 6) is 1.16. The van der Waals surface area contributed by atoms with Crippen molar-refractivity contribution in [1.29, 1.82) is 0 Å².